The Morgan fingerprint density at radius 3 is 2.29 bits per heavy atom. The van der Waals surface area contributed by atoms with Gasteiger partial charge in [-0.05, 0) is 37.5 Å². The van der Waals surface area contributed by atoms with E-state index in [-0.39, 0.29) is 6.03 Å². The van der Waals surface area contributed by atoms with Crippen LogP contribution in [0, 0.1) is 5.41 Å². The summed E-state index contributed by atoms with van der Waals surface area (Å²) in [5.41, 5.74) is 0.351. The molecule has 17 heavy (non-hydrogen) atoms. The Morgan fingerprint density at radius 1 is 1.06 bits per heavy atom. The predicted octanol–water partition coefficient (Wildman–Crippen LogP) is 3.15. The van der Waals surface area contributed by atoms with Crippen LogP contribution in [0.15, 0.2) is 0 Å². The van der Waals surface area contributed by atoms with E-state index in [9.17, 15) is 4.79 Å². The molecule has 1 N–H and O–H groups in total. The van der Waals surface area contributed by atoms with Crippen molar-refractivity contribution in [3.05, 3.63) is 0 Å². The van der Waals surface area contributed by atoms with Gasteiger partial charge in [-0.3, -0.25) is 0 Å². The molecule has 1 aliphatic heterocycles. The summed E-state index contributed by atoms with van der Waals surface area (Å²) < 4.78 is 0. The van der Waals surface area contributed by atoms with Gasteiger partial charge in [-0.1, -0.05) is 26.2 Å². The number of hydrogen-bond donors (Lipinski definition) is 1. The average Bonchev–Trinajstić information content (AvgIpc) is 2.38. The summed E-state index contributed by atoms with van der Waals surface area (Å²) >= 11 is 0. The second kappa shape index (κ2) is 5.74. The minimum Gasteiger partial charge on any atom is -0.337 e. The van der Waals surface area contributed by atoms with E-state index in [1.54, 1.807) is 0 Å². The van der Waals surface area contributed by atoms with Crippen molar-refractivity contribution in [2.24, 2.45) is 5.41 Å². The molecular formula is C14H26N2O. The van der Waals surface area contributed by atoms with Crippen LogP contribution in [0.3, 0.4) is 0 Å². The molecule has 0 unspecified atom stereocenters. The summed E-state index contributed by atoms with van der Waals surface area (Å²) in [6.07, 6.45) is 10.2. The van der Waals surface area contributed by atoms with Crippen molar-refractivity contribution >= 4 is 6.03 Å². The molecule has 2 fully saturated rings. The molecule has 1 saturated heterocycles. The lowest BCUT2D eigenvalue weighted by atomic mass is 9.76. The number of nitrogens with zero attached hydrogens (tertiary/aromatic N) is 1. The Morgan fingerprint density at radius 2 is 1.65 bits per heavy atom. The molecule has 0 bridgehead atoms. The maximum Gasteiger partial charge on any atom is 0.317 e. The summed E-state index contributed by atoms with van der Waals surface area (Å²) in [6, 6.07) is 0.163. The minimum absolute atomic E-state index is 0.163. The Balaban J connectivity index is 1.74. The van der Waals surface area contributed by atoms with Crippen LogP contribution in [0.4, 0.5) is 4.79 Å². The number of piperidine rings is 1. The zero-order valence-electron chi connectivity index (χ0n) is 11.1. The second-order valence-electron chi connectivity index (χ2n) is 6.08. The summed E-state index contributed by atoms with van der Waals surface area (Å²) in [5.74, 6) is 0. The zero-order chi connectivity index (χ0) is 12.1. The van der Waals surface area contributed by atoms with Crippen molar-refractivity contribution in [3.8, 4) is 0 Å². The molecule has 2 amide bonds. The van der Waals surface area contributed by atoms with Crippen molar-refractivity contribution in [3.63, 3.8) is 0 Å². The first-order chi connectivity index (χ1) is 8.20. The van der Waals surface area contributed by atoms with E-state index in [0.717, 1.165) is 19.6 Å². The fourth-order valence-corrected chi connectivity index (χ4v) is 3.08. The third-order valence-corrected chi connectivity index (χ3v) is 4.37. The van der Waals surface area contributed by atoms with E-state index >= 15 is 0 Å². The highest BCUT2D eigenvalue weighted by atomic mass is 16.2. The maximum atomic E-state index is 12.0. The van der Waals surface area contributed by atoms with Crippen molar-refractivity contribution < 1.29 is 4.79 Å². The number of likely N-dealkylation sites (tertiary alicyclic amines) is 1. The number of amides is 2. The molecule has 0 aromatic heterocycles. The molecule has 98 valence electrons. The largest absolute Gasteiger partial charge is 0.337 e. The minimum atomic E-state index is 0.163. The van der Waals surface area contributed by atoms with E-state index in [1.807, 2.05) is 4.90 Å². The lowest BCUT2D eigenvalue weighted by molar-refractivity contribution is 0.168. The van der Waals surface area contributed by atoms with Crippen molar-refractivity contribution in [1.82, 2.24) is 10.2 Å². The van der Waals surface area contributed by atoms with Gasteiger partial charge in [0, 0.05) is 19.6 Å². The van der Waals surface area contributed by atoms with Gasteiger partial charge in [0.15, 0.2) is 0 Å². The van der Waals surface area contributed by atoms with Gasteiger partial charge < -0.3 is 10.2 Å². The number of carbonyl (C=O) groups excluding carboxylic acids is 1. The van der Waals surface area contributed by atoms with Crippen LogP contribution in [0.25, 0.3) is 0 Å². The third kappa shape index (κ3) is 3.62. The third-order valence-electron chi connectivity index (χ3n) is 4.37. The lowest BCUT2D eigenvalue weighted by Gasteiger charge is -2.35. The zero-order valence-corrected chi connectivity index (χ0v) is 11.1. The molecule has 0 aromatic carbocycles. The monoisotopic (exact) mass is 238 g/mol. The van der Waals surface area contributed by atoms with Gasteiger partial charge in [0.1, 0.15) is 0 Å². The van der Waals surface area contributed by atoms with E-state index in [1.165, 1.54) is 51.4 Å². The predicted molar refractivity (Wildman–Crippen MR) is 70.0 cm³/mol. The first-order valence-electron chi connectivity index (χ1n) is 7.22. The normalized spacial score (nSPS) is 24.4. The lowest BCUT2D eigenvalue weighted by Crippen LogP contribution is -2.46. The van der Waals surface area contributed by atoms with Crippen LogP contribution in [-0.4, -0.2) is 30.6 Å². The van der Waals surface area contributed by atoms with Gasteiger partial charge in [-0.2, -0.15) is 0 Å². The molecular weight excluding hydrogens is 212 g/mol. The quantitative estimate of drug-likeness (QED) is 0.787. The van der Waals surface area contributed by atoms with Gasteiger partial charge in [-0.25, -0.2) is 4.79 Å². The smallest absolute Gasteiger partial charge is 0.317 e. The molecule has 0 spiro atoms. The van der Waals surface area contributed by atoms with Crippen LogP contribution in [0.5, 0.6) is 0 Å². The first-order valence-corrected chi connectivity index (χ1v) is 7.22. The topological polar surface area (TPSA) is 32.3 Å². The Hall–Kier alpha value is -0.730. The van der Waals surface area contributed by atoms with Gasteiger partial charge in [0.2, 0.25) is 0 Å². The standard InChI is InChI=1S/C14H26N2O/c1-14(8-4-2-5-9-14)12-15-13(17)16-10-6-3-7-11-16/h2-12H2,1H3,(H,15,17). The Kier molecular flexibility index (Phi) is 4.30. The molecule has 2 rings (SSSR count). The molecule has 1 aliphatic carbocycles. The highest BCUT2D eigenvalue weighted by molar-refractivity contribution is 5.74. The fourth-order valence-electron chi connectivity index (χ4n) is 3.08. The summed E-state index contributed by atoms with van der Waals surface area (Å²) in [7, 11) is 0. The Bertz CT molecular complexity index is 253. The molecule has 1 heterocycles. The molecule has 2 aliphatic rings. The van der Waals surface area contributed by atoms with Crippen LogP contribution >= 0.6 is 0 Å². The summed E-state index contributed by atoms with van der Waals surface area (Å²) in [6.45, 7) is 5.08. The maximum absolute atomic E-state index is 12.0. The SMILES string of the molecule is CC1(CNC(=O)N2CCCCC2)CCCCC1. The first kappa shape index (κ1) is 12.7. The van der Waals surface area contributed by atoms with Gasteiger partial charge in [0.05, 0.1) is 0 Å². The van der Waals surface area contributed by atoms with E-state index < -0.39 is 0 Å². The van der Waals surface area contributed by atoms with Crippen LogP contribution in [-0.2, 0) is 0 Å². The number of rotatable bonds is 2. The number of carbonyl (C=O) groups is 1. The molecule has 3 nitrogen and oxygen atoms in total. The number of hydrogen-bond acceptors (Lipinski definition) is 1. The molecule has 0 aromatic rings. The highest BCUT2D eigenvalue weighted by Crippen LogP contribution is 2.34. The van der Waals surface area contributed by atoms with Crippen LogP contribution in [0.2, 0.25) is 0 Å². The van der Waals surface area contributed by atoms with E-state index in [0.29, 0.717) is 5.41 Å². The number of nitrogens with one attached hydrogen (secondary N) is 1. The highest BCUT2D eigenvalue weighted by Gasteiger charge is 2.28. The Labute approximate surface area is 105 Å². The molecule has 0 radical (unpaired) electrons. The summed E-state index contributed by atoms with van der Waals surface area (Å²) in [5, 5.41) is 3.15. The summed E-state index contributed by atoms with van der Waals surface area (Å²) in [4.78, 5) is 14.0. The van der Waals surface area contributed by atoms with Crippen molar-refractivity contribution in [1.29, 1.82) is 0 Å². The number of urea groups is 1. The van der Waals surface area contributed by atoms with E-state index in [2.05, 4.69) is 12.2 Å². The van der Waals surface area contributed by atoms with Crippen LogP contribution in [0.1, 0.15) is 58.3 Å². The van der Waals surface area contributed by atoms with Crippen LogP contribution < -0.4 is 5.32 Å². The van der Waals surface area contributed by atoms with Gasteiger partial charge in [-0.15, -0.1) is 0 Å². The molecule has 1 saturated carbocycles. The second-order valence-corrected chi connectivity index (χ2v) is 6.08. The molecule has 0 atom stereocenters. The van der Waals surface area contributed by atoms with Crippen molar-refractivity contribution in [2.45, 2.75) is 58.3 Å². The fraction of sp³-hybridized carbons (Fsp3) is 0.929. The van der Waals surface area contributed by atoms with Gasteiger partial charge in [0.25, 0.3) is 0 Å². The van der Waals surface area contributed by atoms with Crippen molar-refractivity contribution in [2.75, 3.05) is 19.6 Å². The van der Waals surface area contributed by atoms with Gasteiger partial charge >= 0.3 is 6.03 Å². The average molecular weight is 238 g/mol. The van der Waals surface area contributed by atoms with E-state index in [4.69, 9.17) is 0 Å². The molecule has 3 heteroatoms.